The zero-order valence-electron chi connectivity index (χ0n) is 26.5. The van der Waals surface area contributed by atoms with Gasteiger partial charge in [0.15, 0.2) is 0 Å². The van der Waals surface area contributed by atoms with Gasteiger partial charge in [0.2, 0.25) is 0 Å². The predicted octanol–water partition coefficient (Wildman–Crippen LogP) is 11.8. The highest BCUT2D eigenvalue weighted by atomic mass is 31.2. The highest BCUT2D eigenvalue weighted by Crippen LogP contribution is 2.56. The van der Waals surface area contributed by atoms with Gasteiger partial charge in [-0.15, -0.1) is 0 Å². The predicted molar refractivity (Wildman–Crippen MR) is 188 cm³/mol. The average molecular weight is 572 g/mol. The van der Waals surface area contributed by atoms with E-state index in [1.54, 1.807) is 0 Å². The topological polar surface area (TPSA) is 0 Å². The minimum absolute atomic E-state index is 1.27. The molecule has 41 heavy (non-hydrogen) atoms. The standard InChI is InChI=1S/C40H60P/c1-2-3-4-5-6-7-8-9-10-11-12-13-14-15-16-17-18-19-20-30-37-41(38-31-24-21-25-32-38,39-33-26-22-27-34-39)40-35-28-23-29-36-40/h21-29,31-36H,2-20,30,37H2,1H3/q+1. The van der Waals surface area contributed by atoms with Crippen LogP contribution >= 0.6 is 7.26 Å². The van der Waals surface area contributed by atoms with Crippen LogP contribution in [0.25, 0.3) is 0 Å². The molecule has 0 nitrogen and oxygen atoms in total. The maximum absolute atomic E-state index is 2.38. The Morgan fingerprint density at radius 3 is 0.829 bits per heavy atom. The average Bonchev–Trinajstić information content (AvgIpc) is 3.03. The highest BCUT2D eigenvalue weighted by Gasteiger charge is 2.44. The quantitative estimate of drug-likeness (QED) is 0.0741. The van der Waals surface area contributed by atoms with E-state index in [0.717, 1.165) is 0 Å². The van der Waals surface area contributed by atoms with E-state index in [9.17, 15) is 0 Å². The van der Waals surface area contributed by atoms with Gasteiger partial charge in [-0.25, -0.2) is 0 Å². The van der Waals surface area contributed by atoms with Crippen molar-refractivity contribution in [2.75, 3.05) is 6.16 Å². The number of benzene rings is 3. The van der Waals surface area contributed by atoms with Gasteiger partial charge >= 0.3 is 0 Å². The molecule has 3 rings (SSSR count). The molecule has 224 valence electrons. The Bertz CT molecular complexity index is 884. The van der Waals surface area contributed by atoms with Gasteiger partial charge in [-0.05, 0) is 49.2 Å². The molecule has 3 aromatic rings. The van der Waals surface area contributed by atoms with Crippen molar-refractivity contribution in [3.63, 3.8) is 0 Å². The molecule has 0 aliphatic rings. The molecule has 0 bridgehead atoms. The molecule has 0 radical (unpaired) electrons. The van der Waals surface area contributed by atoms with Crippen molar-refractivity contribution in [2.24, 2.45) is 0 Å². The molecule has 0 amide bonds. The summed E-state index contributed by atoms with van der Waals surface area (Å²) in [4.78, 5) is 0. The molecule has 0 fully saturated rings. The molecule has 0 N–H and O–H groups in total. The summed E-state index contributed by atoms with van der Waals surface area (Å²) in [5.74, 6) is 0. The Labute approximate surface area is 255 Å². The van der Waals surface area contributed by atoms with E-state index in [0.29, 0.717) is 0 Å². The summed E-state index contributed by atoms with van der Waals surface area (Å²) in [5, 5.41) is 4.57. The Morgan fingerprint density at radius 2 is 0.561 bits per heavy atom. The summed E-state index contributed by atoms with van der Waals surface area (Å²) >= 11 is 0. The lowest BCUT2D eigenvalue weighted by atomic mass is 10.0. The fraction of sp³-hybridized carbons (Fsp3) is 0.550. The lowest BCUT2D eigenvalue weighted by molar-refractivity contribution is 0.523. The molecule has 0 atom stereocenters. The van der Waals surface area contributed by atoms with Gasteiger partial charge in [-0.3, -0.25) is 0 Å². The molecular weight excluding hydrogens is 511 g/mol. The first kappa shape index (κ1) is 33.6. The minimum atomic E-state index is -1.65. The number of rotatable bonds is 24. The van der Waals surface area contributed by atoms with Crippen molar-refractivity contribution in [1.82, 2.24) is 0 Å². The van der Waals surface area contributed by atoms with E-state index in [4.69, 9.17) is 0 Å². The maximum atomic E-state index is 2.38. The fourth-order valence-electron chi connectivity index (χ4n) is 6.49. The lowest BCUT2D eigenvalue weighted by Gasteiger charge is -2.27. The molecular formula is C40H60P+. The summed E-state index contributed by atoms with van der Waals surface area (Å²) in [5.41, 5.74) is 0. The summed E-state index contributed by atoms with van der Waals surface area (Å²) in [7, 11) is -1.65. The molecule has 0 saturated heterocycles. The normalized spacial score (nSPS) is 11.6. The van der Waals surface area contributed by atoms with E-state index < -0.39 is 7.26 Å². The van der Waals surface area contributed by atoms with Crippen molar-refractivity contribution in [1.29, 1.82) is 0 Å². The minimum Gasteiger partial charge on any atom is -0.0654 e. The molecule has 0 spiro atoms. The van der Waals surface area contributed by atoms with Crippen LogP contribution in [0.1, 0.15) is 135 Å². The fourth-order valence-corrected chi connectivity index (χ4v) is 10.9. The third kappa shape index (κ3) is 12.5. The van der Waals surface area contributed by atoms with E-state index in [1.165, 1.54) is 150 Å². The summed E-state index contributed by atoms with van der Waals surface area (Å²) < 4.78 is 0. The van der Waals surface area contributed by atoms with E-state index in [-0.39, 0.29) is 0 Å². The van der Waals surface area contributed by atoms with Gasteiger partial charge in [0.05, 0.1) is 6.16 Å². The first-order valence-electron chi connectivity index (χ1n) is 17.4. The number of hydrogen-bond acceptors (Lipinski definition) is 0. The third-order valence-corrected chi connectivity index (χ3v) is 13.5. The van der Waals surface area contributed by atoms with Gasteiger partial charge in [-0.2, -0.15) is 0 Å². The van der Waals surface area contributed by atoms with Crippen LogP contribution in [0.2, 0.25) is 0 Å². The van der Waals surface area contributed by atoms with Crippen molar-refractivity contribution in [3.05, 3.63) is 91.0 Å². The Morgan fingerprint density at radius 1 is 0.317 bits per heavy atom. The van der Waals surface area contributed by atoms with Crippen LogP contribution in [0.15, 0.2) is 91.0 Å². The molecule has 0 aromatic heterocycles. The van der Waals surface area contributed by atoms with Crippen molar-refractivity contribution < 1.29 is 0 Å². The first-order chi connectivity index (χ1) is 20.4. The smallest absolute Gasteiger partial charge is 0.0654 e. The molecule has 0 unspecified atom stereocenters. The first-order valence-corrected chi connectivity index (χ1v) is 19.4. The zero-order valence-corrected chi connectivity index (χ0v) is 27.4. The van der Waals surface area contributed by atoms with Crippen molar-refractivity contribution in [3.8, 4) is 0 Å². The van der Waals surface area contributed by atoms with Gasteiger partial charge in [0.25, 0.3) is 0 Å². The maximum Gasteiger partial charge on any atom is 0.112 e. The van der Waals surface area contributed by atoms with E-state index in [1.807, 2.05) is 0 Å². The lowest BCUT2D eigenvalue weighted by Crippen LogP contribution is -2.33. The second-order valence-electron chi connectivity index (χ2n) is 12.3. The van der Waals surface area contributed by atoms with Crippen LogP contribution in [-0.2, 0) is 0 Å². The molecule has 0 aliphatic heterocycles. The van der Waals surface area contributed by atoms with Gasteiger partial charge in [0, 0.05) is 0 Å². The monoisotopic (exact) mass is 571 g/mol. The third-order valence-electron chi connectivity index (χ3n) is 8.94. The van der Waals surface area contributed by atoms with Gasteiger partial charge in [0.1, 0.15) is 23.2 Å². The molecule has 3 aromatic carbocycles. The molecule has 0 aliphatic carbocycles. The van der Waals surface area contributed by atoms with Crippen LogP contribution < -0.4 is 15.9 Å². The molecule has 0 saturated carbocycles. The molecule has 1 heteroatoms. The van der Waals surface area contributed by atoms with Crippen molar-refractivity contribution in [2.45, 2.75) is 135 Å². The largest absolute Gasteiger partial charge is 0.112 e. The van der Waals surface area contributed by atoms with Gasteiger partial charge in [-0.1, -0.05) is 177 Å². The Balaban J connectivity index is 1.29. The summed E-state index contributed by atoms with van der Waals surface area (Å²) in [6.07, 6.45) is 29.9. The Hall–Kier alpha value is -1.91. The van der Waals surface area contributed by atoms with Gasteiger partial charge < -0.3 is 0 Å². The Kier molecular flexibility index (Phi) is 17.8. The van der Waals surface area contributed by atoms with Crippen molar-refractivity contribution >= 4 is 23.2 Å². The van der Waals surface area contributed by atoms with E-state index in [2.05, 4.69) is 97.9 Å². The SMILES string of the molecule is CCCCCCCCCCCCCCCCCCCCCC[P+](c1ccccc1)(c1ccccc1)c1ccccc1. The second-order valence-corrected chi connectivity index (χ2v) is 15.9. The second kappa shape index (κ2) is 21.7. The van der Waals surface area contributed by atoms with Crippen LogP contribution in [-0.4, -0.2) is 6.16 Å². The number of hydrogen-bond donors (Lipinski definition) is 0. The highest BCUT2D eigenvalue weighted by molar-refractivity contribution is 7.95. The number of unbranched alkanes of at least 4 members (excludes halogenated alkanes) is 19. The van der Waals surface area contributed by atoms with E-state index >= 15 is 0 Å². The molecule has 0 heterocycles. The zero-order chi connectivity index (χ0) is 28.7. The van der Waals surface area contributed by atoms with Crippen LogP contribution in [0.3, 0.4) is 0 Å². The summed E-state index contributed by atoms with van der Waals surface area (Å²) in [6.45, 7) is 2.30. The summed E-state index contributed by atoms with van der Waals surface area (Å²) in [6, 6.07) is 34.1. The van der Waals surface area contributed by atoms with Crippen LogP contribution in [0, 0.1) is 0 Å². The van der Waals surface area contributed by atoms with Crippen LogP contribution in [0.4, 0.5) is 0 Å². The van der Waals surface area contributed by atoms with Crippen LogP contribution in [0.5, 0.6) is 0 Å².